The second-order valence-corrected chi connectivity index (χ2v) is 6.90. The molecule has 1 aromatic rings. The first-order valence-electron chi connectivity index (χ1n) is 6.44. The number of hydrogen-bond acceptors (Lipinski definition) is 4. The minimum Gasteiger partial charge on any atom is -0.323 e. The molecule has 2 fully saturated rings. The molecule has 106 valence electrons. The summed E-state index contributed by atoms with van der Waals surface area (Å²) in [5, 5.41) is 4.56. The average Bonchev–Trinajstić information content (AvgIpc) is 3.08. The number of urea groups is 1. The second kappa shape index (κ2) is 4.96. The molecule has 2 heterocycles. The molecule has 1 saturated heterocycles. The van der Waals surface area contributed by atoms with E-state index in [0.29, 0.717) is 22.2 Å². The van der Waals surface area contributed by atoms with Crippen LogP contribution in [0.25, 0.3) is 0 Å². The molecule has 1 saturated carbocycles. The van der Waals surface area contributed by atoms with Crippen molar-refractivity contribution in [2.24, 2.45) is 0 Å². The van der Waals surface area contributed by atoms with Crippen LogP contribution >= 0.6 is 27.3 Å². The number of thiophene rings is 1. The van der Waals surface area contributed by atoms with Gasteiger partial charge < -0.3 is 5.32 Å². The molecule has 1 N–H and O–H groups in total. The van der Waals surface area contributed by atoms with E-state index in [4.69, 9.17) is 0 Å². The molecule has 0 aromatic carbocycles. The topological polar surface area (TPSA) is 66.5 Å². The minimum atomic E-state index is -0.746. The lowest BCUT2D eigenvalue weighted by Crippen LogP contribution is -2.44. The third kappa shape index (κ3) is 2.09. The Morgan fingerprint density at radius 3 is 2.70 bits per heavy atom. The van der Waals surface area contributed by atoms with Crippen molar-refractivity contribution in [3.05, 3.63) is 20.8 Å². The Morgan fingerprint density at radius 2 is 2.10 bits per heavy atom. The van der Waals surface area contributed by atoms with Crippen LogP contribution in [0.15, 0.2) is 15.9 Å². The third-order valence-corrected chi connectivity index (χ3v) is 5.75. The van der Waals surface area contributed by atoms with Gasteiger partial charge in [0.25, 0.3) is 5.91 Å². The summed E-state index contributed by atoms with van der Waals surface area (Å²) in [6.07, 6.45) is 3.21. The van der Waals surface area contributed by atoms with Gasteiger partial charge in [0.2, 0.25) is 0 Å². The van der Waals surface area contributed by atoms with Crippen LogP contribution in [0.5, 0.6) is 0 Å². The number of hydrogen-bond donors (Lipinski definition) is 1. The lowest BCUT2D eigenvalue weighted by Gasteiger charge is -2.19. The number of halogens is 1. The van der Waals surface area contributed by atoms with E-state index in [-0.39, 0.29) is 18.2 Å². The van der Waals surface area contributed by atoms with Crippen LogP contribution in [0.3, 0.4) is 0 Å². The lowest BCUT2D eigenvalue weighted by molar-refractivity contribution is -0.130. The first-order chi connectivity index (χ1) is 9.53. The molecule has 3 rings (SSSR count). The molecule has 1 spiro atoms. The van der Waals surface area contributed by atoms with Gasteiger partial charge in [0, 0.05) is 4.47 Å². The highest BCUT2D eigenvalue weighted by Gasteiger charge is 2.52. The van der Waals surface area contributed by atoms with Gasteiger partial charge in [-0.15, -0.1) is 11.3 Å². The van der Waals surface area contributed by atoms with Crippen LogP contribution in [0, 0.1) is 0 Å². The average molecular weight is 357 g/mol. The smallest absolute Gasteiger partial charge is 0.323 e. The van der Waals surface area contributed by atoms with Crippen molar-refractivity contribution in [1.29, 1.82) is 0 Å². The number of ketones is 1. The number of Topliss-reactive ketones (excluding diaryl/α,β-unsaturated/α-hetero) is 1. The zero-order valence-electron chi connectivity index (χ0n) is 10.6. The molecular weight excluding hydrogens is 344 g/mol. The summed E-state index contributed by atoms with van der Waals surface area (Å²) >= 11 is 4.59. The maximum Gasteiger partial charge on any atom is 0.325 e. The van der Waals surface area contributed by atoms with Crippen molar-refractivity contribution in [2.75, 3.05) is 6.54 Å². The predicted molar refractivity (Wildman–Crippen MR) is 77.8 cm³/mol. The molecular formula is C13H13BrN2O3S. The van der Waals surface area contributed by atoms with Crippen LogP contribution in [0.1, 0.15) is 35.4 Å². The first-order valence-corrected chi connectivity index (χ1v) is 8.11. The van der Waals surface area contributed by atoms with E-state index in [9.17, 15) is 14.4 Å². The molecule has 1 aromatic heterocycles. The normalized spacial score (nSPS) is 20.8. The monoisotopic (exact) mass is 356 g/mol. The van der Waals surface area contributed by atoms with Crippen LogP contribution < -0.4 is 5.32 Å². The summed E-state index contributed by atoms with van der Waals surface area (Å²) in [6, 6.07) is 1.33. The molecule has 2 aliphatic rings. The van der Waals surface area contributed by atoms with Gasteiger partial charge in [0.1, 0.15) is 5.54 Å². The number of rotatable bonds is 3. The Morgan fingerprint density at radius 1 is 1.40 bits per heavy atom. The van der Waals surface area contributed by atoms with Gasteiger partial charge in [-0.2, -0.15) is 0 Å². The molecule has 0 atom stereocenters. The van der Waals surface area contributed by atoms with Crippen LogP contribution in [-0.2, 0) is 4.79 Å². The van der Waals surface area contributed by atoms with E-state index < -0.39 is 11.6 Å². The van der Waals surface area contributed by atoms with Crippen molar-refractivity contribution in [2.45, 2.75) is 31.2 Å². The van der Waals surface area contributed by atoms with Gasteiger partial charge in [-0.3, -0.25) is 14.5 Å². The number of nitrogens with zero attached hydrogens (tertiary/aromatic N) is 1. The van der Waals surface area contributed by atoms with Gasteiger partial charge in [-0.25, -0.2) is 4.79 Å². The summed E-state index contributed by atoms with van der Waals surface area (Å²) in [5.41, 5.74) is -0.746. The predicted octanol–water partition coefficient (Wildman–Crippen LogP) is 2.56. The Balaban J connectivity index is 1.78. The van der Waals surface area contributed by atoms with Gasteiger partial charge in [0.05, 0.1) is 11.4 Å². The first kappa shape index (κ1) is 13.8. The molecule has 7 heteroatoms. The lowest BCUT2D eigenvalue weighted by atomic mass is 9.98. The van der Waals surface area contributed by atoms with Crippen molar-refractivity contribution >= 4 is 45.0 Å². The molecule has 20 heavy (non-hydrogen) atoms. The van der Waals surface area contributed by atoms with Crippen molar-refractivity contribution in [3.8, 4) is 0 Å². The summed E-state index contributed by atoms with van der Waals surface area (Å²) in [6.45, 7) is -0.189. The molecule has 5 nitrogen and oxygen atoms in total. The van der Waals surface area contributed by atoms with Crippen LogP contribution in [-0.4, -0.2) is 34.7 Å². The molecule has 0 unspecified atom stereocenters. The maximum absolute atomic E-state index is 12.4. The fourth-order valence-electron chi connectivity index (χ4n) is 2.85. The fraction of sp³-hybridized carbons (Fsp3) is 0.462. The zero-order chi connectivity index (χ0) is 14.3. The number of nitrogens with one attached hydrogen (secondary N) is 1. The Hall–Kier alpha value is -1.21. The van der Waals surface area contributed by atoms with E-state index >= 15 is 0 Å². The van der Waals surface area contributed by atoms with Gasteiger partial charge >= 0.3 is 6.03 Å². The Kier molecular flexibility index (Phi) is 3.41. The van der Waals surface area contributed by atoms with E-state index in [1.807, 2.05) is 0 Å². The highest BCUT2D eigenvalue weighted by Crippen LogP contribution is 2.35. The summed E-state index contributed by atoms with van der Waals surface area (Å²) in [7, 11) is 0. The van der Waals surface area contributed by atoms with Crippen molar-refractivity contribution in [3.63, 3.8) is 0 Å². The van der Waals surface area contributed by atoms with Gasteiger partial charge in [0.15, 0.2) is 5.78 Å². The third-order valence-electron chi connectivity index (χ3n) is 3.88. The quantitative estimate of drug-likeness (QED) is 0.668. The summed E-state index contributed by atoms with van der Waals surface area (Å²) in [5.74, 6) is -0.466. The van der Waals surface area contributed by atoms with Gasteiger partial charge in [-0.05, 0) is 40.2 Å². The Bertz CT molecular complexity index is 592. The van der Waals surface area contributed by atoms with Crippen molar-refractivity contribution in [1.82, 2.24) is 10.2 Å². The molecule has 1 aliphatic heterocycles. The fourth-order valence-corrected chi connectivity index (χ4v) is 4.37. The number of carbonyl (C=O) groups is 3. The number of amides is 3. The number of imide groups is 1. The summed E-state index contributed by atoms with van der Waals surface area (Å²) < 4.78 is 0.704. The van der Waals surface area contributed by atoms with E-state index in [1.165, 1.54) is 11.3 Å². The molecule has 3 amide bonds. The van der Waals surface area contributed by atoms with Crippen LogP contribution in [0.4, 0.5) is 4.79 Å². The van der Waals surface area contributed by atoms with E-state index in [0.717, 1.165) is 17.7 Å². The Labute approximate surface area is 128 Å². The van der Waals surface area contributed by atoms with Gasteiger partial charge in [-0.1, -0.05) is 12.8 Å². The van der Waals surface area contributed by atoms with E-state index in [2.05, 4.69) is 21.2 Å². The highest BCUT2D eigenvalue weighted by molar-refractivity contribution is 9.10. The highest BCUT2D eigenvalue weighted by atomic mass is 79.9. The second-order valence-electron chi connectivity index (χ2n) is 5.13. The molecule has 0 radical (unpaired) electrons. The number of carbonyl (C=O) groups excluding carboxylic acids is 3. The standard InChI is InChI=1S/C13H13BrN2O3S/c14-8-3-6-20-10(8)9(17)7-16-11(18)13(15-12(16)19)4-1-2-5-13/h3,6H,1-2,4-5,7H2,(H,15,19). The summed E-state index contributed by atoms with van der Waals surface area (Å²) in [4.78, 5) is 38.2. The zero-order valence-corrected chi connectivity index (χ0v) is 13.1. The largest absolute Gasteiger partial charge is 0.325 e. The minimum absolute atomic E-state index is 0.189. The van der Waals surface area contributed by atoms with Crippen LogP contribution in [0.2, 0.25) is 0 Å². The molecule has 1 aliphatic carbocycles. The molecule has 0 bridgehead atoms. The maximum atomic E-state index is 12.4. The van der Waals surface area contributed by atoms with E-state index in [1.54, 1.807) is 11.4 Å². The SMILES string of the molecule is O=C(CN1C(=O)NC2(CCCC2)C1=O)c1sccc1Br. The van der Waals surface area contributed by atoms with Crippen molar-refractivity contribution < 1.29 is 14.4 Å².